The van der Waals surface area contributed by atoms with Gasteiger partial charge in [-0.1, -0.05) is 0 Å². The molecule has 1 rings (SSSR count). The summed E-state index contributed by atoms with van der Waals surface area (Å²) in [4.78, 5) is 10.3. The highest BCUT2D eigenvalue weighted by Crippen LogP contribution is 1.99. The molecule has 0 radical (unpaired) electrons. The second-order valence-corrected chi connectivity index (χ2v) is 2.47. The van der Waals surface area contributed by atoms with Crippen molar-refractivity contribution in [2.75, 3.05) is 13.2 Å². The van der Waals surface area contributed by atoms with E-state index in [2.05, 4.69) is 5.32 Å². The van der Waals surface area contributed by atoms with E-state index in [9.17, 15) is 4.79 Å². The van der Waals surface area contributed by atoms with Crippen LogP contribution in [0.1, 0.15) is 6.92 Å². The van der Waals surface area contributed by atoms with Gasteiger partial charge in [0.05, 0.1) is 6.61 Å². The highest BCUT2D eigenvalue weighted by molar-refractivity contribution is 5.85. The molecular weight excluding hydrogens is 170 g/mol. The Morgan fingerprint density at radius 3 is 2.73 bits per heavy atom. The lowest BCUT2D eigenvalue weighted by Crippen LogP contribution is -2.47. The van der Waals surface area contributed by atoms with Crippen LogP contribution in [0.3, 0.4) is 0 Å². The summed E-state index contributed by atoms with van der Waals surface area (Å²) >= 11 is 0. The molecule has 0 bridgehead atoms. The Labute approximate surface area is 71.3 Å². The monoisotopic (exact) mass is 181 g/mol. The number of aliphatic carboxylic acids is 1. The molecule has 66 valence electrons. The fourth-order valence-corrected chi connectivity index (χ4v) is 0.845. The number of hydrogen-bond acceptors (Lipinski definition) is 3. The number of hydrogen-bond donors (Lipinski definition) is 2. The molecule has 1 aliphatic heterocycles. The van der Waals surface area contributed by atoms with Gasteiger partial charge in [0.1, 0.15) is 0 Å². The number of nitrogens with one attached hydrogen (secondary N) is 1. The number of ether oxygens (including phenoxy) is 1. The molecule has 0 aromatic heterocycles. The third-order valence-electron chi connectivity index (χ3n) is 1.47. The average Bonchev–Trinajstić information content (AvgIpc) is 1.88. The summed E-state index contributed by atoms with van der Waals surface area (Å²) in [5.41, 5.74) is 0. The molecule has 1 saturated heterocycles. The predicted molar refractivity (Wildman–Crippen MR) is 42.1 cm³/mol. The van der Waals surface area contributed by atoms with E-state index in [1.54, 1.807) is 0 Å². The Morgan fingerprint density at radius 1 is 1.73 bits per heavy atom. The van der Waals surface area contributed by atoms with Crippen molar-refractivity contribution in [3.8, 4) is 0 Å². The van der Waals surface area contributed by atoms with E-state index in [0.717, 1.165) is 0 Å². The zero-order valence-corrected chi connectivity index (χ0v) is 7.06. The van der Waals surface area contributed by atoms with Gasteiger partial charge < -0.3 is 15.2 Å². The Bertz CT molecular complexity index is 134. The van der Waals surface area contributed by atoms with Crippen LogP contribution in [-0.2, 0) is 9.53 Å². The smallest absolute Gasteiger partial charge is 0.334 e. The summed E-state index contributed by atoms with van der Waals surface area (Å²) in [6.07, 6.45) is -0.656. The van der Waals surface area contributed by atoms with E-state index in [0.29, 0.717) is 13.2 Å². The molecule has 1 aliphatic rings. The number of carbonyl (C=O) groups is 1. The molecule has 0 saturated carbocycles. The lowest BCUT2D eigenvalue weighted by atomic mass is 10.2. The van der Waals surface area contributed by atoms with E-state index in [1.165, 1.54) is 0 Å². The van der Waals surface area contributed by atoms with Gasteiger partial charge in [0, 0.05) is 12.6 Å². The van der Waals surface area contributed by atoms with Gasteiger partial charge in [-0.05, 0) is 6.92 Å². The molecule has 2 atom stereocenters. The summed E-state index contributed by atoms with van der Waals surface area (Å²) in [6.45, 7) is 2.85. The summed E-state index contributed by atoms with van der Waals surface area (Å²) in [7, 11) is 0. The average molecular weight is 182 g/mol. The molecule has 1 heterocycles. The minimum atomic E-state index is -0.889. The Balaban J connectivity index is 0.000001000. The number of rotatable bonds is 1. The van der Waals surface area contributed by atoms with Gasteiger partial charge in [0.25, 0.3) is 0 Å². The number of carboxylic acids is 1. The lowest BCUT2D eigenvalue weighted by molar-refractivity contribution is -0.152. The van der Waals surface area contributed by atoms with Gasteiger partial charge in [-0.3, -0.25) is 0 Å². The zero-order chi connectivity index (χ0) is 7.56. The van der Waals surface area contributed by atoms with Gasteiger partial charge in [-0.2, -0.15) is 0 Å². The van der Waals surface area contributed by atoms with Crippen LogP contribution in [0.2, 0.25) is 0 Å². The predicted octanol–water partition coefficient (Wildman–Crippen LogP) is -0.130. The van der Waals surface area contributed by atoms with Gasteiger partial charge in [-0.15, -0.1) is 12.4 Å². The van der Waals surface area contributed by atoms with Crippen molar-refractivity contribution in [3.63, 3.8) is 0 Å². The molecule has 0 aliphatic carbocycles. The number of halogens is 1. The van der Waals surface area contributed by atoms with Gasteiger partial charge >= 0.3 is 5.97 Å². The molecule has 4 nitrogen and oxygen atoms in total. The molecule has 1 fully saturated rings. The highest BCUT2D eigenvalue weighted by Gasteiger charge is 2.23. The molecule has 0 unspecified atom stereocenters. The van der Waals surface area contributed by atoms with Crippen molar-refractivity contribution in [2.24, 2.45) is 0 Å². The SMILES string of the molecule is C[C@H]1CO[C@@H](C(=O)O)CN1.Cl. The molecule has 2 N–H and O–H groups in total. The third-order valence-corrected chi connectivity index (χ3v) is 1.47. The summed E-state index contributed by atoms with van der Waals surface area (Å²) in [6, 6.07) is 0.274. The fourth-order valence-electron chi connectivity index (χ4n) is 0.845. The first kappa shape index (κ1) is 10.7. The fraction of sp³-hybridized carbons (Fsp3) is 0.833. The second-order valence-electron chi connectivity index (χ2n) is 2.47. The maximum Gasteiger partial charge on any atom is 0.334 e. The second kappa shape index (κ2) is 4.54. The molecular formula is C6H12ClNO3. The molecule has 5 heteroatoms. The molecule has 0 spiro atoms. The van der Waals surface area contributed by atoms with Crippen LogP contribution in [0, 0.1) is 0 Å². The minimum Gasteiger partial charge on any atom is -0.479 e. The van der Waals surface area contributed by atoms with Crippen molar-refractivity contribution in [1.29, 1.82) is 0 Å². The Kier molecular flexibility index (Phi) is 4.40. The zero-order valence-electron chi connectivity index (χ0n) is 6.24. The van der Waals surface area contributed by atoms with Gasteiger partial charge in [-0.25, -0.2) is 4.79 Å². The van der Waals surface area contributed by atoms with Crippen LogP contribution >= 0.6 is 12.4 Å². The molecule has 0 aromatic carbocycles. The Morgan fingerprint density at radius 2 is 2.36 bits per heavy atom. The van der Waals surface area contributed by atoms with Crippen molar-refractivity contribution >= 4 is 18.4 Å². The van der Waals surface area contributed by atoms with Crippen molar-refractivity contribution < 1.29 is 14.6 Å². The highest BCUT2D eigenvalue weighted by atomic mass is 35.5. The molecule has 11 heavy (non-hydrogen) atoms. The third kappa shape index (κ3) is 3.05. The van der Waals surface area contributed by atoms with Gasteiger partial charge in [0.2, 0.25) is 0 Å². The number of carboxylic acid groups (broad SMARTS) is 1. The lowest BCUT2D eigenvalue weighted by Gasteiger charge is -2.25. The first-order valence-electron chi connectivity index (χ1n) is 3.28. The first-order valence-corrected chi connectivity index (χ1v) is 3.28. The normalized spacial score (nSPS) is 30.6. The van der Waals surface area contributed by atoms with E-state index >= 15 is 0 Å². The maximum atomic E-state index is 10.3. The van der Waals surface area contributed by atoms with E-state index in [1.807, 2.05) is 6.92 Å². The largest absolute Gasteiger partial charge is 0.479 e. The Hall–Kier alpha value is -0.320. The van der Waals surface area contributed by atoms with Crippen LogP contribution in [-0.4, -0.2) is 36.4 Å². The van der Waals surface area contributed by atoms with E-state index in [-0.39, 0.29) is 18.4 Å². The molecule has 0 amide bonds. The van der Waals surface area contributed by atoms with Crippen LogP contribution in [0.25, 0.3) is 0 Å². The van der Waals surface area contributed by atoms with Crippen LogP contribution in [0.4, 0.5) is 0 Å². The van der Waals surface area contributed by atoms with Crippen molar-refractivity contribution in [1.82, 2.24) is 5.32 Å². The molecule has 0 aromatic rings. The van der Waals surface area contributed by atoms with Crippen LogP contribution in [0.5, 0.6) is 0 Å². The minimum absolute atomic E-state index is 0. The topological polar surface area (TPSA) is 58.6 Å². The van der Waals surface area contributed by atoms with Crippen LogP contribution < -0.4 is 5.32 Å². The van der Waals surface area contributed by atoms with Crippen molar-refractivity contribution in [3.05, 3.63) is 0 Å². The first-order chi connectivity index (χ1) is 4.70. The van der Waals surface area contributed by atoms with Gasteiger partial charge in [0.15, 0.2) is 6.10 Å². The number of morpholine rings is 1. The van der Waals surface area contributed by atoms with E-state index < -0.39 is 12.1 Å². The summed E-state index contributed by atoms with van der Waals surface area (Å²) in [5, 5.41) is 11.5. The van der Waals surface area contributed by atoms with Crippen molar-refractivity contribution in [2.45, 2.75) is 19.1 Å². The quantitative estimate of drug-likeness (QED) is 0.592. The summed E-state index contributed by atoms with van der Waals surface area (Å²) < 4.78 is 4.99. The maximum absolute atomic E-state index is 10.3. The van der Waals surface area contributed by atoms with Crippen LogP contribution in [0.15, 0.2) is 0 Å². The summed E-state index contributed by atoms with van der Waals surface area (Å²) in [5.74, 6) is -0.889. The standard InChI is InChI=1S/C6H11NO3.ClH/c1-4-3-10-5(2-7-4)6(8)9;/h4-5,7H,2-3H2,1H3,(H,8,9);1H/t4-,5+;/m0./s1. The van der Waals surface area contributed by atoms with E-state index in [4.69, 9.17) is 9.84 Å².